The predicted octanol–water partition coefficient (Wildman–Crippen LogP) is 2.58. The SMILES string of the molecule is CCCCNC(=O)C1CC(=O)c2cccc(C)c21. The summed E-state index contributed by atoms with van der Waals surface area (Å²) in [5.41, 5.74) is 2.69. The molecule has 1 unspecified atom stereocenters. The molecule has 0 bridgehead atoms. The fraction of sp³-hybridized carbons (Fsp3) is 0.467. The number of nitrogens with one attached hydrogen (secondary N) is 1. The zero-order valence-electron chi connectivity index (χ0n) is 11.0. The van der Waals surface area contributed by atoms with Crippen molar-refractivity contribution >= 4 is 11.7 Å². The number of rotatable bonds is 4. The lowest BCUT2D eigenvalue weighted by Gasteiger charge is -2.13. The van der Waals surface area contributed by atoms with E-state index >= 15 is 0 Å². The summed E-state index contributed by atoms with van der Waals surface area (Å²) in [5, 5.41) is 2.92. The van der Waals surface area contributed by atoms with Crippen LogP contribution < -0.4 is 5.32 Å². The molecular weight excluding hydrogens is 226 g/mol. The molecule has 3 heteroatoms. The van der Waals surface area contributed by atoms with Crippen LogP contribution in [-0.4, -0.2) is 18.2 Å². The molecule has 0 spiro atoms. The van der Waals surface area contributed by atoms with Gasteiger partial charge in [-0.2, -0.15) is 0 Å². The molecule has 0 saturated heterocycles. The first-order valence-electron chi connectivity index (χ1n) is 6.55. The summed E-state index contributed by atoms with van der Waals surface area (Å²) >= 11 is 0. The van der Waals surface area contributed by atoms with Crippen LogP contribution in [0.15, 0.2) is 18.2 Å². The molecule has 1 aromatic rings. The van der Waals surface area contributed by atoms with Gasteiger partial charge >= 0.3 is 0 Å². The Kier molecular flexibility index (Phi) is 3.80. The van der Waals surface area contributed by atoms with E-state index in [2.05, 4.69) is 12.2 Å². The first kappa shape index (κ1) is 12.8. The summed E-state index contributed by atoms with van der Waals surface area (Å²) < 4.78 is 0. The van der Waals surface area contributed by atoms with E-state index in [1.165, 1.54) is 0 Å². The average molecular weight is 245 g/mol. The molecule has 0 saturated carbocycles. The Bertz CT molecular complexity index is 479. The monoisotopic (exact) mass is 245 g/mol. The first-order chi connectivity index (χ1) is 8.65. The largest absolute Gasteiger partial charge is 0.356 e. The van der Waals surface area contributed by atoms with Crippen molar-refractivity contribution in [2.45, 2.75) is 39.0 Å². The highest BCUT2D eigenvalue weighted by Crippen LogP contribution is 2.35. The summed E-state index contributed by atoms with van der Waals surface area (Å²) in [7, 11) is 0. The second-order valence-corrected chi connectivity index (χ2v) is 4.86. The van der Waals surface area contributed by atoms with Crippen molar-refractivity contribution < 1.29 is 9.59 Å². The zero-order chi connectivity index (χ0) is 13.1. The van der Waals surface area contributed by atoms with Gasteiger partial charge in [-0.3, -0.25) is 9.59 Å². The van der Waals surface area contributed by atoms with Crippen LogP contribution in [0.5, 0.6) is 0 Å². The van der Waals surface area contributed by atoms with Crippen molar-refractivity contribution in [3.8, 4) is 0 Å². The van der Waals surface area contributed by atoms with Crippen molar-refractivity contribution in [2.75, 3.05) is 6.54 Å². The number of hydrogen-bond acceptors (Lipinski definition) is 2. The number of amides is 1. The second kappa shape index (κ2) is 5.34. The third-order valence-corrected chi connectivity index (χ3v) is 3.51. The van der Waals surface area contributed by atoms with Crippen molar-refractivity contribution in [1.29, 1.82) is 0 Å². The van der Waals surface area contributed by atoms with Gasteiger partial charge in [0.05, 0.1) is 5.92 Å². The molecule has 1 amide bonds. The van der Waals surface area contributed by atoms with Gasteiger partial charge in [0.2, 0.25) is 5.91 Å². The van der Waals surface area contributed by atoms with E-state index < -0.39 is 0 Å². The Morgan fingerprint density at radius 3 is 2.94 bits per heavy atom. The van der Waals surface area contributed by atoms with Gasteiger partial charge in [-0.25, -0.2) is 0 Å². The van der Waals surface area contributed by atoms with Gasteiger partial charge in [0.15, 0.2) is 5.78 Å². The summed E-state index contributed by atoms with van der Waals surface area (Å²) in [6.07, 6.45) is 2.35. The highest BCUT2D eigenvalue weighted by molar-refractivity contribution is 6.07. The van der Waals surface area contributed by atoms with Gasteiger partial charge < -0.3 is 5.32 Å². The lowest BCUT2D eigenvalue weighted by Crippen LogP contribution is -2.29. The van der Waals surface area contributed by atoms with E-state index in [9.17, 15) is 9.59 Å². The minimum Gasteiger partial charge on any atom is -0.356 e. The number of benzene rings is 1. The fourth-order valence-electron chi connectivity index (χ4n) is 2.52. The molecule has 3 nitrogen and oxygen atoms in total. The van der Waals surface area contributed by atoms with Crippen LogP contribution in [0.25, 0.3) is 0 Å². The van der Waals surface area contributed by atoms with Crippen LogP contribution in [0.2, 0.25) is 0 Å². The molecule has 1 atom stereocenters. The number of hydrogen-bond donors (Lipinski definition) is 1. The Morgan fingerprint density at radius 2 is 2.22 bits per heavy atom. The van der Waals surface area contributed by atoms with Gasteiger partial charge in [0.1, 0.15) is 0 Å². The van der Waals surface area contributed by atoms with E-state index in [-0.39, 0.29) is 17.6 Å². The van der Waals surface area contributed by atoms with E-state index in [1.807, 2.05) is 25.1 Å². The molecule has 0 heterocycles. The van der Waals surface area contributed by atoms with Crippen molar-refractivity contribution in [1.82, 2.24) is 5.32 Å². The van der Waals surface area contributed by atoms with E-state index in [0.717, 1.165) is 29.5 Å². The minimum absolute atomic E-state index is 0.00940. The number of Topliss-reactive ketones (excluding diaryl/α,β-unsaturated/α-hetero) is 1. The Hall–Kier alpha value is -1.64. The van der Waals surface area contributed by atoms with E-state index in [4.69, 9.17) is 0 Å². The number of aryl methyl sites for hydroxylation is 1. The predicted molar refractivity (Wildman–Crippen MR) is 70.8 cm³/mol. The smallest absolute Gasteiger partial charge is 0.228 e. The highest BCUT2D eigenvalue weighted by Gasteiger charge is 2.34. The lowest BCUT2D eigenvalue weighted by atomic mass is 9.96. The van der Waals surface area contributed by atoms with Crippen LogP contribution in [-0.2, 0) is 4.79 Å². The maximum atomic E-state index is 12.1. The molecule has 0 fully saturated rings. The highest BCUT2D eigenvalue weighted by atomic mass is 16.2. The molecule has 96 valence electrons. The molecule has 0 aliphatic heterocycles. The lowest BCUT2D eigenvalue weighted by molar-refractivity contribution is -0.122. The molecular formula is C15H19NO2. The molecule has 0 radical (unpaired) electrons. The topological polar surface area (TPSA) is 46.2 Å². The van der Waals surface area contributed by atoms with E-state index in [0.29, 0.717) is 13.0 Å². The molecule has 1 aliphatic carbocycles. The molecule has 2 rings (SSSR count). The third kappa shape index (κ3) is 2.30. The normalized spacial score (nSPS) is 17.7. The Morgan fingerprint density at radius 1 is 1.44 bits per heavy atom. The van der Waals surface area contributed by atoms with Crippen LogP contribution in [0.1, 0.15) is 53.6 Å². The summed E-state index contributed by atoms with van der Waals surface area (Å²) in [4.78, 5) is 24.0. The molecule has 1 N–H and O–H groups in total. The quantitative estimate of drug-likeness (QED) is 0.829. The summed E-state index contributed by atoms with van der Waals surface area (Å²) in [6, 6.07) is 5.66. The number of carbonyl (C=O) groups is 2. The Balaban J connectivity index is 2.18. The zero-order valence-corrected chi connectivity index (χ0v) is 11.0. The van der Waals surface area contributed by atoms with Gasteiger partial charge in [0.25, 0.3) is 0 Å². The number of unbranched alkanes of at least 4 members (excludes halogenated alkanes) is 1. The van der Waals surface area contributed by atoms with Gasteiger partial charge in [0, 0.05) is 18.5 Å². The van der Waals surface area contributed by atoms with Gasteiger partial charge in [-0.1, -0.05) is 31.5 Å². The van der Waals surface area contributed by atoms with Crippen molar-refractivity contribution in [3.05, 3.63) is 34.9 Å². The van der Waals surface area contributed by atoms with Crippen LogP contribution in [0.4, 0.5) is 0 Å². The number of fused-ring (bicyclic) bond motifs is 1. The van der Waals surface area contributed by atoms with Crippen molar-refractivity contribution in [3.63, 3.8) is 0 Å². The average Bonchev–Trinajstić information content (AvgIpc) is 2.69. The molecule has 0 aromatic heterocycles. The van der Waals surface area contributed by atoms with Gasteiger partial charge in [-0.05, 0) is 24.5 Å². The molecule has 1 aromatic carbocycles. The van der Waals surface area contributed by atoms with Crippen LogP contribution in [0.3, 0.4) is 0 Å². The standard InChI is InChI=1S/C15H19NO2/c1-3-4-8-16-15(18)12-9-13(17)11-7-5-6-10(2)14(11)12/h5-7,12H,3-4,8-9H2,1-2H3,(H,16,18). The number of carbonyl (C=O) groups excluding carboxylic acids is 2. The summed E-state index contributed by atoms with van der Waals surface area (Å²) in [5.74, 6) is -0.209. The van der Waals surface area contributed by atoms with E-state index in [1.54, 1.807) is 0 Å². The van der Waals surface area contributed by atoms with Crippen molar-refractivity contribution in [2.24, 2.45) is 0 Å². The fourth-order valence-corrected chi connectivity index (χ4v) is 2.52. The van der Waals surface area contributed by atoms with Gasteiger partial charge in [-0.15, -0.1) is 0 Å². The Labute approximate surface area is 108 Å². The molecule has 1 aliphatic rings. The van der Waals surface area contributed by atoms with Crippen LogP contribution >= 0.6 is 0 Å². The third-order valence-electron chi connectivity index (χ3n) is 3.51. The molecule has 18 heavy (non-hydrogen) atoms. The maximum Gasteiger partial charge on any atom is 0.228 e. The van der Waals surface area contributed by atoms with Crippen LogP contribution in [0, 0.1) is 6.92 Å². The summed E-state index contributed by atoms with van der Waals surface area (Å²) in [6.45, 7) is 4.75. The minimum atomic E-state index is -0.287. The second-order valence-electron chi connectivity index (χ2n) is 4.86. The first-order valence-corrected chi connectivity index (χ1v) is 6.55. The number of ketones is 1. The maximum absolute atomic E-state index is 12.1.